The number of rotatable bonds is 0. The smallest absolute Gasteiger partial charge is 0.156 e. The Kier molecular flexibility index (Phi) is 2.37. The van der Waals surface area contributed by atoms with Gasteiger partial charge in [0, 0.05) is 11.3 Å². The summed E-state index contributed by atoms with van der Waals surface area (Å²) in [6.07, 6.45) is 0. The summed E-state index contributed by atoms with van der Waals surface area (Å²) in [7, 11) is 0. The van der Waals surface area contributed by atoms with Crippen LogP contribution in [-0.4, -0.2) is 5.62 Å². The molecule has 0 saturated heterocycles. The number of aryl methyl sites for hydroxylation is 1. The lowest BCUT2D eigenvalue weighted by molar-refractivity contribution is 0.642. The molecule has 2 N–H and O–H groups in total. The Hall–Kier alpha value is -0.440. The molecule has 2 rings (SSSR count). The summed E-state index contributed by atoms with van der Waals surface area (Å²) in [6, 6.07) is 6.08. The molecular formula is C9H10Cl2N2. The van der Waals surface area contributed by atoms with Crippen LogP contribution in [0.2, 0.25) is 0 Å². The quantitative estimate of drug-likeness (QED) is 0.515. The van der Waals surface area contributed by atoms with Crippen molar-refractivity contribution < 1.29 is 0 Å². The lowest BCUT2D eigenvalue weighted by Crippen LogP contribution is -2.37. The number of hydrogen-bond donors (Lipinski definition) is 2. The van der Waals surface area contributed by atoms with Gasteiger partial charge in [-0.3, -0.25) is 5.32 Å². The Balaban J connectivity index is 2.43. The van der Waals surface area contributed by atoms with Crippen LogP contribution in [0.4, 0.5) is 5.69 Å². The third-order valence-electron chi connectivity index (χ3n) is 2.06. The van der Waals surface area contributed by atoms with Crippen molar-refractivity contribution in [1.82, 2.24) is 5.32 Å². The monoisotopic (exact) mass is 216 g/mol. The van der Waals surface area contributed by atoms with Crippen LogP contribution in [0.15, 0.2) is 18.2 Å². The summed E-state index contributed by atoms with van der Waals surface area (Å²) < 4.78 is 0. The van der Waals surface area contributed by atoms with Crippen molar-refractivity contribution in [1.29, 1.82) is 0 Å². The van der Waals surface area contributed by atoms with Gasteiger partial charge in [0.1, 0.15) is 5.50 Å². The molecule has 13 heavy (non-hydrogen) atoms. The summed E-state index contributed by atoms with van der Waals surface area (Å²) in [5, 5.41) is 6.08. The van der Waals surface area contributed by atoms with Crippen LogP contribution in [0, 0.1) is 6.92 Å². The number of anilines is 1. The van der Waals surface area contributed by atoms with E-state index in [9.17, 15) is 0 Å². The molecule has 0 amide bonds. The Morgan fingerprint density at radius 3 is 2.85 bits per heavy atom. The van der Waals surface area contributed by atoms with Crippen LogP contribution in [0.25, 0.3) is 0 Å². The van der Waals surface area contributed by atoms with Crippen LogP contribution >= 0.6 is 23.2 Å². The van der Waals surface area contributed by atoms with Crippen LogP contribution in [0.5, 0.6) is 0 Å². The molecule has 2 nitrogen and oxygen atoms in total. The van der Waals surface area contributed by atoms with E-state index in [1.54, 1.807) is 0 Å². The summed E-state index contributed by atoms with van der Waals surface area (Å²) in [4.78, 5) is 0. The van der Waals surface area contributed by atoms with E-state index in [4.69, 9.17) is 23.2 Å². The number of nitrogens with one attached hydrogen (secondary N) is 2. The minimum Gasteiger partial charge on any atom is -0.357 e. The van der Waals surface area contributed by atoms with Crippen molar-refractivity contribution in [3.05, 3.63) is 29.3 Å². The van der Waals surface area contributed by atoms with Crippen molar-refractivity contribution >= 4 is 28.9 Å². The van der Waals surface area contributed by atoms with E-state index < -0.39 is 0 Å². The molecule has 1 aromatic rings. The van der Waals surface area contributed by atoms with Crippen molar-refractivity contribution in [2.75, 3.05) is 5.32 Å². The number of fused-ring (bicyclic) bond motifs is 1. The Labute approximate surface area is 87.2 Å². The molecule has 0 aliphatic carbocycles. The van der Waals surface area contributed by atoms with E-state index in [1.165, 1.54) is 5.56 Å². The van der Waals surface area contributed by atoms with Gasteiger partial charge in [0.25, 0.3) is 0 Å². The topological polar surface area (TPSA) is 24.1 Å². The van der Waals surface area contributed by atoms with Crippen molar-refractivity contribution in [3.63, 3.8) is 0 Å². The molecule has 70 valence electrons. The fourth-order valence-corrected chi connectivity index (χ4v) is 2.04. The van der Waals surface area contributed by atoms with Gasteiger partial charge < -0.3 is 5.32 Å². The van der Waals surface area contributed by atoms with Gasteiger partial charge in [-0.2, -0.15) is 0 Å². The Morgan fingerprint density at radius 2 is 2.08 bits per heavy atom. The number of benzene rings is 1. The molecule has 0 spiro atoms. The van der Waals surface area contributed by atoms with Crippen molar-refractivity contribution in [3.8, 4) is 0 Å². The van der Waals surface area contributed by atoms with Gasteiger partial charge in [0.05, 0.1) is 0 Å². The summed E-state index contributed by atoms with van der Waals surface area (Å²) >= 11 is 11.9. The van der Waals surface area contributed by atoms with Crippen LogP contribution < -0.4 is 10.6 Å². The Morgan fingerprint density at radius 1 is 1.31 bits per heavy atom. The zero-order valence-corrected chi connectivity index (χ0v) is 8.65. The molecule has 2 atom stereocenters. The molecule has 0 bridgehead atoms. The predicted octanol–water partition coefficient (Wildman–Crippen LogP) is 2.77. The lowest BCUT2D eigenvalue weighted by atomic mass is 10.1. The first-order valence-electron chi connectivity index (χ1n) is 4.08. The normalized spacial score (nSPS) is 26.4. The lowest BCUT2D eigenvalue weighted by Gasteiger charge is -2.28. The maximum Gasteiger partial charge on any atom is 0.156 e. The highest BCUT2D eigenvalue weighted by atomic mass is 35.5. The van der Waals surface area contributed by atoms with E-state index in [2.05, 4.69) is 10.6 Å². The first-order chi connectivity index (χ1) is 6.16. The average Bonchev–Trinajstić information content (AvgIpc) is 2.02. The molecule has 1 aliphatic rings. The predicted molar refractivity (Wildman–Crippen MR) is 56.2 cm³/mol. The van der Waals surface area contributed by atoms with Gasteiger partial charge in [-0.25, -0.2) is 0 Å². The first-order valence-corrected chi connectivity index (χ1v) is 4.95. The summed E-state index contributed by atoms with van der Waals surface area (Å²) in [5.41, 5.74) is 2.75. The van der Waals surface area contributed by atoms with Crippen LogP contribution in [0.3, 0.4) is 0 Å². The molecule has 0 unspecified atom stereocenters. The minimum atomic E-state index is -0.295. The second-order valence-corrected chi connectivity index (χ2v) is 4.00. The van der Waals surface area contributed by atoms with Crippen LogP contribution in [0.1, 0.15) is 16.6 Å². The van der Waals surface area contributed by atoms with Gasteiger partial charge in [0.2, 0.25) is 0 Å². The fraction of sp³-hybridized carbons (Fsp3) is 0.333. The molecule has 0 fully saturated rings. The third kappa shape index (κ3) is 1.75. The highest BCUT2D eigenvalue weighted by Gasteiger charge is 2.21. The standard InChI is InChI=1S/C9H10Cl2N2/c1-5-2-3-6-7(4-5)12-9(11)13-8(6)10/h2-4,8-9,12-13H,1H3/t8-,9+/m1/s1. The number of halogens is 2. The van der Waals surface area contributed by atoms with Gasteiger partial charge >= 0.3 is 0 Å². The molecule has 4 heteroatoms. The molecule has 0 radical (unpaired) electrons. The number of alkyl halides is 2. The molecule has 1 heterocycles. The zero-order chi connectivity index (χ0) is 9.42. The van der Waals surface area contributed by atoms with E-state index in [1.807, 2.05) is 25.1 Å². The molecular weight excluding hydrogens is 207 g/mol. The maximum atomic E-state index is 6.06. The zero-order valence-electron chi connectivity index (χ0n) is 7.14. The molecule has 1 aliphatic heterocycles. The van der Waals surface area contributed by atoms with Gasteiger partial charge in [-0.15, -0.1) is 11.6 Å². The average molecular weight is 217 g/mol. The van der Waals surface area contributed by atoms with Crippen LogP contribution in [-0.2, 0) is 0 Å². The van der Waals surface area contributed by atoms with Crippen molar-refractivity contribution in [2.45, 2.75) is 18.0 Å². The second-order valence-electron chi connectivity index (χ2n) is 3.13. The largest absolute Gasteiger partial charge is 0.357 e. The summed E-state index contributed by atoms with van der Waals surface area (Å²) in [5.74, 6) is 0. The minimum absolute atomic E-state index is 0.209. The Bertz CT molecular complexity index is 327. The maximum absolute atomic E-state index is 6.06. The van der Waals surface area contributed by atoms with E-state index in [-0.39, 0.29) is 11.1 Å². The molecule has 0 saturated carbocycles. The van der Waals surface area contributed by atoms with Gasteiger partial charge in [-0.1, -0.05) is 23.7 Å². The van der Waals surface area contributed by atoms with Gasteiger partial charge in [0.15, 0.2) is 5.62 Å². The van der Waals surface area contributed by atoms with E-state index in [0.717, 1.165) is 11.3 Å². The highest BCUT2D eigenvalue weighted by molar-refractivity contribution is 6.24. The van der Waals surface area contributed by atoms with Gasteiger partial charge in [-0.05, 0) is 18.6 Å². The molecule has 0 aromatic heterocycles. The SMILES string of the molecule is Cc1ccc2c(c1)N[C@H](Cl)N[C@H]2Cl. The number of hydrogen-bond acceptors (Lipinski definition) is 2. The third-order valence-corrected chi connectivity index (χ3v) is 2.65. The fourth-order valence-electron chi connectivity index (χ4n) is 1.41. The summed E-state index contributed by atoms with van der Waals surface area (Å²) in [6.45, 7) is 2.04. The van der Waals surface area contributed by atoms with E-state index >= 15 is 0 Å². The van der Waals surface area contributed by atoms with Crippen molar-refractivity contribution in [2.24, 2.45) is 0 Å². The molecule has 1 aromatic carbocycles. The second kappa shape index (κ2) is 3.37. The van der Waals surface area contributed by atoms with E-state index in [0.29, 0.717) is 0 Å². The highest BCUT2D eigenvalue weighted by Crippen LogP contribution is 2.31. The first kappa shape index (κ1) is 9.13.